The molecular formula is C21H25N9O8. The van der Waals surface area contributed by atoms with E-state index >= 15 is 0 Å². The fourth-order valence-electron chi connectivity index (χ4n) is 4.73. The lowest BCUT2D eigenvalue weighted by Gasteiger charge is -2.49. The Labute approximate surface area is 215 Å². The summed E-state index contributed by atoms with van der Waals surface area (Å²) in [5.74, 6) is -0.715. The van der Waals surface area contributed by atoms with Crippen LogP contribution >= 0.6 is 0 Å². The van der Waals surface area contributed by atoms with Gasteiger partial charge in [0.2, 0.25) is 0 Å². The van der Waals surface area contributed by atoms with Crippen molar-refractivity contribution in [1.82, 2.24) is 0 Å². The first-order valence-electron chi connectivity index (χ1n) is 11.7. The van der Waals surface area contributed by atoms with Gasteiger partial charge in [-0.25, -0.2) is 4.79 Å². The highest BCUT2D eigenvalue weighted by molar-refractivity contribution is 5.89. The number of ether oxygens (including phenoxy) is 5. The summed E-state index contributed by atoms with van der Waals surface area (Å²) in [7, 11) is 0. The molecule has 0 spiro atoms. The number of azide groups is 3. The van der Waals surface area contributed by atoms with Gasteiger partial charge in [-0.3, -0.25) is 0 Å². The van der Waals surface area contributed by atoms with Crippen molar-refractivity contribution in [3.8, 4) is 0 Å². The number of rotatable bonds is 7. The fraction of sp³-hybridized carbons (Fsp3) is 0.667. The SMILES string of the molecule is CC1OCC2O[C@H](O[C@@H]3C(N=[N+]=[N-])C[C@@H](N=[N+]=[N-])C(O)[C@H]3O)C(N=[N+]=[N-])[C@@H](OC(=O)c3ccccc3)[C@@H]2O1. The minimum atomic E-state index is -1.67. The van der Waals surface area contributed by atoms with Gasteiger partial charge < -0.3 is 33.9 Å². The molecule has 0 radical (unpaired) electrons. The molecule has 0 bridgehead atoms. The number of aliphatic hydroxyl groups excluding tert-OH is 2. The second-order valence-electron chi connectivity index (χ2n) is 8.84. The Morgan fingerprint density at radius 3 is 2.34 bits per heavy atom. The van der Waals surface area contributed by atoms with Gasteiger partial charge in [-0.15, -0.1) is 0 Å². The van der Waals surface area contributed by atoms with E-state index in [1.807, 2.05) is 0 Å². The quantitative estimate of drug-likeness (QED) is 0.228. The van der Waals surface area contributed by atoms with Crippen LogP contribution in [0.2, 0.25) is 0 Å². The Kier molecular flexibility index (Phi) is 8.86. The van der Waals surface area contributed by atoms with Gasteiger partial charge in [0, 0.05) is 14.7 Å². The molecule has 2 N–H and O–H groups in total. The van der Waals surface area contributed by atoms with Crippen molar-refractivity contribution in [2.75, 3.05) is 6.61 Å². The number of fused-ring (bicyclic) bond motifs is 1. The second kappa shape index (κ2) is 12.3. The molecule has 1 aromatic rings. The highest BCUT2D eigenvalue weighted by Crippen LogP contribution is 2.36. The van der Waals surface area contributed by atoms with E-state index in [1.54, 1.807) is 37.3 Å². The highest BCUT2D eigenvalue weighted by Gasteiger charge is 2.54. The van der Waals surface area contributed by atoms with Gasteiger partial charge in [0.15, 0.2) is 12.6 Å². The molecule has 1 aliphatic carbocycles. The zero-order valence-corrected chi connectivity index (χ0v) is 20.0. The van der Waals surface area contributed by atoms with E-state index in [0.717, 1.165) is 0 Å². The maximum absolute atomic E-state index is 13.0. The molecule has 3 aliphatic rings. The van der Waals surface area contributed by atoms with Crippen LogP contribution in [-0.4, -0.2) is 90.1 Å². The van der Waals surface area contributed by atoms with Gasteiger partial charge >= 0.3 is 5.97 Å². The Balaban J connectivity index is 1.65. The van der Waals surface area contributed by atoms with Crippen LogP contribution in [0.25, 0.3) is 31.3 Å². The lowest BCUT2D eigenvalue weighted by Crippen LogP contribution is -2.65. The van der Waals surface area contributed by atoms with Crippen LogP contribution in [0, 0.1) is 0 Å². The molecule has 2 heterocycles. The van der Waals surface area contributed by atoms with Gasteiger partial charge in [-0.2, -0.15) is 0 Å². The molecule has 3 fully saturated rings. The number of benzene rings is 1. The summed E-state index contributed by atoms with van der Waals surface area (Å²) in [6.45, 7) is 1.66. The molecule has 5 unspecified atom stereocenters. The van der Waals surface area contributed by atoms with Crippen LogP contribution in [0.4, 0.5) is 0 Å². The minimum Gasteiger partial charge on any atom is -0.455 e. The third-order valence-electron chi connectivity index (χ3n) is 6.53. The summed E-state index contributed by atoms with van der Waals surface area (Å²) >= 11 is 0. The summed E-state index contributed by atoms with van der Waals surface area (Å²) < 4.78 is 29.0. The Hall–Kier alpha value is -3.62. The van der Waals surface area contributed by atoms with Gasteiger partial charge in [0.25, 0.3) is 0 Å². The summed E-state index contributed by atoms with van der Waals surface area (Å²) in [5, 5.41) is 32.1. The van der Waals surface area contributed by atoms with E-state index in [2.05, 4.69) is 30.1 Å². The average molecular weight is 531 g/mol. The summed E-state index contributed by atoms with van der Waals surface area (Å²) in [5.41, 5.74) is 27.4. The monoisotopic (exact) mass is 531 g/mol. The van der Waals surface area contributed by atoms with Crippen LogP contribution < -0.4 is 0 Å². The van der Waals surface area contributed by atoms with Crippen LogP contribution in [0.15, 0.2) is 45.7 Å². The van der Waals surface area contributed by atoms with Crippen molar-refractivity contribution in [2.24, 2.45) is 15.3 Å². The van der Waals surface area contributed by atoms with Crippen molar-refractivity contribution in [1.29, 1.82) is 0 Å². The highest BCUT2D eigenvalue weighted by atomic mass is 16.8. The Morgan fingerprint density at radius 2 is 1.66 bits per heavy atom. The number of esters is 1. The third kappa shape index (κ3) is 5.76. The summed E-state index contributed by atoms with van der Waals surface area (Å²) in [6, 6.07) is 4.65. The first-order valence-corrected chi connectivity index (χ1v) is 11.7. The van der Waals surface area contributed by atoms with Crippen LogP contribution in [0.1, 0.15) is 23.7 Å². The molecule has 2 saturated heterocycles. The predicted molar refractivity (Wildman–Crippen MR) is 125 cm³/mol. The van der Waals surface area contributed by atoms with Crippen molar-refractivity contribution < 1.29 is 38.7 Å². The van der Waals surface area contributed by atoms with Gasteiger partial charge in [0.05, 0.1) is 36.5 Å². The predicted octanol–water partition coefficient (Wildman–Crippen LogP) is 2.25. The molecule has 38 heavy (non-hydrogen) atoms. The number of carbonyl (C=O) groups is 1. The molecular weight excluding hydrogens is 506 g/mol. The Morgan fingerprint density at radius 1 is 0.974 bits per heavy atom. The van der Waals surface area contributed by atoms with Crippen molar-refractivity contribution in [3.63, 3.8) is 0 Å². The maximum atomic E-state index is 13.0. The summed E-state index contributed by atoms with van der Waals surface area (Å²) in [6.07, 6.45) is -9.79. The molecule has 17 heteroatoms. The topological polar surface area (TPSA) is 250 Å². The average Bonchev–Trinajstić information content (AvgIpc) is 2.92. The van der Waals surface area contributed by atoms with E-state index in [0.29, 0.717) is 0 Å². The van der Waals surface area contributed by atoms with E-state index in [-0.39, 0.29) is 18.6 Å². The number of aliphatic hydroxyl groups is 2. The zero-order valence-electron chi connectivity index (χ0n) is 20.0. The number of carbonyl (C=O) groups excluding carboxylic acids is 1. The van der Waals surface area contributed by atoms with Crippen molar-refractivity contribution >= 4 is 5.97 Å². The lowest BCUT2D eigenvalue weighted by atomic mass is 9.84. The van der Waals surface area contributed by atoms with Crippen LogP contribution in [-0.2, 0) is 23.7 Å². The number of nitrogens with zero attached hydrogens (tertiary/aromatic N) is 9. The molecule has 1 aromatic carbocycles. The smallest absolute Gasteiger partial charge is 0.338 e. The van der Waals surface area contributed by atoms with E-state index in [9.17, 15) is 20.5 Å². The minimum absolute atomic E-state index is 0.0165. The summed E-state index contributed by atoms with van der Waals surface area (Å²) in [4.78, 5) is 21.2. The van der Waals surface area contributed by atoms with E-state index in [4.69, 9.17) is 34.7 Å². The number of hydrogen-bond donors (Lipinski definition) is 2. The van der Waals surface area contributed by atoms with Crippen molar-refractivity contribution in [3.05, 3.63) is 67.2 Å². The van der Waals surface area contributed by atoms with E-state index in [1.165, 1.54) is 0 Å². The van der Waals surface area contributed by atoms with Gasteiger partial charge in [-0.05, 0) is 42.1 Å². The molecule has 17 nitrogen and oxygen atoms in total. The Bertz CT molecular complexity index is 1140. The lowest BCUT2D eigenvalue weighted by molar-refractivity contribution is -0.345. The molecule has 11 atom stereocenters. The molecule has 2 aliphatic heterocycles. The van der Waals surface area contributed by atoms with Crippen molar-refractivity contribution in [2.45, 2.75) is 80.7 Å². The second-order valence-corrected chi connectivity index (χ2v) is 8.84. The largest absolute Gasteiger partial charge is 0.455 e. The van der Waals surface area contributed by atoms with Crippen LogP contribution in [0.3, 0.4) is 0 Å². The van der Waals surface area contributed by atoms with E-state index < -0.39 is 73.3 Å². The van der Waals surface area contributed by atoms with Crippen LogP contribution in [0.5, 0.6) is 0 Å². The molecule has 4 rings (SSSR count). The maximum Gasteiger partial charge on any atom is 0.338 e. The normalized spacial score (nSPS) is 38.3. The van der Waals surface area contributed by atoms with Gasteiger partial charge in [-0.1, -0.05) is 33.5 Å². The number of hydrogen-bond acceptors (Lipinski definition) is 11. The first kappa shape index (κ1) is 27.4. The molecule has 0 amide bonds. The molecule has 1 saturated carbocycles. The standard InChI is InChI=1S/C21H25N9O8/c1-9-34-8-13-18(35-9)19(37-20(33)10-5-3-2-4-6-10)14(27-30-24)21(36-13)38-17-12(26-29-23)7-11(25-28-22)15(31)16(17)32/h2-6,9,11-19,21,31-32H,7-8H2,1H3/t9?,11-,12?,13?,14?,15?,16-,17-,18-,19-,21-/m1/s1. The third-order valence-corrected chi connectivity index (χ3v) is 6.53. The molecule has 202 valence electrons. The first-order chi connectivity index (χ1) is 18.4. The molecule has 0 aromatic heterocycles. The fourth-order valence-corrected chi connectivity index (χ4v) is 4.73. The zero-order chi connectivity index (χ0) is 27.2. The van der Waals surface area contributed by atoms with Gasteiger partial charge in [0.1, 0.15) is 30.5 Å².